The van der Waals surface area contributed by atoms with Crippen molar-refractivity contribution < 1.29 is 13.6 Å². The third-order valence-corrected chi connectivity index (χ3v) is 5.65. The van der Waals surface area contributed by atoms with E-state index < -0.39 is 0 Å². The van der Waals surface area contributed by atoms with Gasteiger partial charge in [-0.05, 0) is 43.5 Å². The molecular formula is C23H25FN2O3. The van der Waals surface area contributed by atoms with E-state index in [1.54, 1.807) is 31.3 Å². The first-order valence-electron chi connectivity index (χ1n) is 10.2. The number of halogens is 1. The largest absolute Gasteiger partial charge is 0.460 e. The molecule has 0 saturated heterocycles. The van der Waals surface area contributed by atoms with Gasteiger partial charge in [0.05, 0.1) is 17.5 Å². The first-order valence-corrected chi connectivity index (χ1v) is 10.2. The third-order valence-electron chi connectivity index (χ3n) is 5.65. The maximum Gasteiger partial charge on any atom is 0.262 e. The molecule has 1 N–H and O–H groups in total. The van der Waals surface area contributed by atoms with Crippen molar-refractivity contribution in [3.63, 3.8) is 0 Å². The number of hydrogen-bond acceptors (Lipinski definition) is 3. The number of furan rings is 1. The van der Waals surface area contributed by atoms with Gasteiger partial charge in [0.25, 0.3) is 11.5 Å². The van der Waals surface area contributed by atoms with Crippen LogP contribution in [0.5, 0.6) is 0 Å². The van der Waals surface area contributed by atoms with Crippen LogP contribution in [0.2, 0.25) is 0 Å². The number of carbonyl (C=O) groups excluding carboxylic acids is 1. The standard InChI is InChI=1S/C23H25FN2O3/c1-15-20(22(27)25-18-9-4-2-3-5-10-18)21-19(29-15)11-12-26(23(21)28)14-16-7-6-8-17(24)13-16/h6-8,11-13,18H,2-5,9-10,14H2,1H3,(H,25,27). The lowest BCUT2D eigenvalue weighted by molar-refractivity contribution is 0.0933. The van der Waals surface area contributed by atoms with Crippen LogP contribution in [0, 0.1) is 12.7 Å². The average Bonchev–Trinajstić information content (AvgIpc) is 2.84. The van der Waals surface area contributed by atoms with E-state index >= 15 is 0 Å². The molecule has 6 heteroatoms. The van der Waals surface area contributed by atoms with E-state index in [2.05, 4.69) is 5.32 Å². The Morgan fingerprint density at radius 3 is 2.69 bits per heavy atom. The van der Waals surface area contributed by atoms with Crippen molar-refractivity contribution in [2.24, 2.45) is 0 Å². The molecule has 5 nitrogen and oxygen atoms in total. The van der Waals surface area contributed by atoms with E-state index in [0.29, 0.717) is 22.5 Å². The highest BCUT2D eigenvalue weighted by molar-refractivity contribution is 6.07. The molecule has 1 amide bonds. The minimum Gasteiger partial charge on any atom is -0.460 e. The summed E-state index contributed by atoms with van der Waals surface area (Å²) in [6.45, 7) is 1.93. The summed E-state index contributed by atoms with van der Waals surface area (Å²) in [5, 5.41) is 3.39. The predicted molar refractivity (Wildman–Crippen MR) is 110 cm³/mol. The van der Waals surface area contributed by atoms with Gasteiger partial charge in [-0.1, -0.05) is 37.8 Å². The fraction of sp³-hybridized carbons (Fsp3) is 0.391. The number of amides is 1. The molecule has 0 unspecified atom stereocenters. The van der Waals surface area contributed by atoms with Gasteiger partial charge in [-0.2, -0.15) is 0 Å². The van der Waals surface area contributed by atoms with Crippen LogP contribution in [0.3, 0.4) is 0 Å². The van der Waals surface area contributed by atoms with Crippen LogP contribution < -0.4 is 10.9 Å². The molecule has 2 heterocycles. The molecule has 0 radical (unpaired) electrons. The number of aryl methyl sites for hydroxylation is 1. The highest BCUT2D eigenvalue weighted by atomic mass is 19.1. The Bertz CT molecular complexity index is 1090. The number of hydrogen-bond donors (Lipinski definition) is 1. The van der Waals surface area contributed by atoms with Crippen LogP contribution in [0.25, 0.3) is 11.0 Å². The molecule has 29 heavy (non-hydrogen) atoms. The smallest absolute Gasteiger partial charge is 0.262 e. The van der Waals surface area contributed by atoms with Crippen LogP contribution >= 0.6 is 0 Å². The highest BCUT2D eigenvalue weighted by Gasteiger charge is 2.24. The number of fused-ring (bicyclic) bond motifs is 1. The SMILES string of the molecule is Cc1oc2ccn(Cc3cccc(F)c3)c(=O)c2c1C(=O)NC1CCCCCC1. The van der Waals surface area contributed by atoms with Gasteiger partial charge in [0.2, 0.25) is 0 Å². The van der Waals surface area contributed by atoms with Gasteiger partial charge in [0, 0.05) is 12.2 Å². The molecule has 1 saturated carbocycles. The van der Waals surface area contributed by atoms with Crippen LogP contribution in [-0.4, -0.2) is 16.5 Å². The summed E-state index contributed by atoms with van der Waals surface area (Å²) in [5.41, 5.74) is 1.07. The Balaban J connectivity index is 1.67. The number of carbonyl (C=O) groups is 1. The van der Waals surface area contributed by atoms with Gasteiger partial charge >= 0.3 is 0 Å². The molecule has 0 aliphatic heterocycles. The zero-order valence-electron chi connectivity index (χ0n) is 16.5. The van der Waals surface area contributed by atoms with E-state index in [9.17, 15) is 14.0 Å². The quantitative estimate of drug-likeness (QED) is 0.659. The van der Waals surface area contributed by atoms with Crippen molar-refractivity contribution in [2.75, 3.05) is 0 Å². The Labute approximate surface area is 168 Å². The van der Waals surface area contributed by atoms with Crippen molar-refractivity contribution in [1.82, 2.24) is 9.88 Å². The fourth-order valence-corrected chi connectivity index (χ4v) is 4.18. The molecule has 1 fully saturated rings. The molecule has 4 rings (SSSR count). The maximum absolute atomic E-state index is 13.5. The molecule has 152 valence electrons. The molecule has 0 spiro atoms. The molecule has 0 bridgehead atoms. The predicted octanol–water partition coefficient (Wildman–Crippen LogP) is 4.54. The maximum atomic E-state index is 13.5. The lowest BCUT2D eigenvalue weighted by Gasteiger charge is -2.16. The number of rotatable bonds is 4. The summed E-state index contributed by atoms with van der Waals surface area (Å²) in [4.78, 5) is 26.2. The molecule has 1 aliphatic rings. The van der Waals surface area contributed by atoms with Gasteiger partial charge < -0.3 is 14.3 Å². The van der Waals surface area contributed by atoms with Gasteiger partial charge in [0.1, 0.15) is 17.2 Å². The summed E-state index contributed by atoms with van der Waals surface area (Å²) >= 11 is 0. The second kappa shape index (κ2) is 8.23. The first-order chi connectivity index (χ1) is 14.0. The van der Waals surface area contributed by atoms with Gasteiger partial charge in [0.15, 0.2) is 0 Å². The summed E-state index contributed by atoms with van der Waals surface area (Å²) in [6, 6.07) is 7.96. The minimum atomic E-state index is -0.348. The van der Waals surface area contributed by atoms with E-state index in [1.807, 2.05) is 0 Å². The van der Waals surface area contributed by atoms with Crippen molar-refractivity contribution in [1.29, 1.82) is 0 Å². The molecule has 0 atom stereocenters. The summed E-state index contributed by atoms with van der Waals surface area (Å²) in [7, 11) is 0. The second-order valence-corrected chi connectivity index (χ2v) is 7.81. The van der Waals surface area contributed by atoms with Crippen molar-refractivity contribution in [3.8, 4) is 0 Å². The average molecular weight is 396 g/mol. The molecule has 1 aromatic carbocycles. The summed E-state index contributed by atoms with van der Waals surface area (Å²) < 4.78 is 20.7. The minimum absolute atomic E-state index is 0.132. The Morgan fingerprint density at radius 2 is 1.97 bits per heavy atom. The highest BCUT2D eigenvalue weighted by Crippen LogP contribution is 2.24. The van der Waals surface area contributed by atoms with Crippen molar-refractivity contribution in [2.45, 2.75) is 58.0 Å². The van der Waals surface area contributed by atoms with Crippen LogP contribution in [-0.2, 0) is 6.54 Å². The van der Waals surface area contributed by atoms with Gasteiger partial charge in [-0.15, -0.1) is 0 Å². The lowest BCUT2D eigenvalue weighted by atomic mass is 10.1. The Hall–Kier alpha value is -2.89. The van der Waals surface area contributed by atoms with Crippen LogP contribution in [0.4, 0.5) is 4.39 Å². The third kappa shape index (κ3) is 4.11. The van der Waals surface area contributed by atoms with Gasteiger partial charge in [-0.3, -0.25) is 9.59 Å². The van der Waals surface area contributed by atoms with E-state index in [1.165, 1.54) is 29.5 Å². The van der Waals surface area contributed by atoms with Gasteiger partial charge in [-0.25, -0.2) is 4.39 Å². The number of aromatic nitrogens is 1. The monoisotopic (exact) mass is 396 g/mol. The number of nitrogens with one attached hydrogen (secondary N) is 1. The molecule has 2 aromatic heterocycles. The first kappa shape index (κ1) is 19.4. The topological polar surface area (TPSA) is 64.2 Å². The second-order valence-electron chi connectivity index (χ2n) is 7.81. The Kier molecular flexibility index (Phi) is 5.51. The number of nitrogens with zero attached hydrogens (tertiary/aromatic N) is 1. The van der Waals surface area contributed by atoms with Crippen LogP contribution in [0.1, 0.15) is 60.2 Å². The normalized spacial score (nSPS) is 15.4. The van der Waals surface area contributed by atoms with E-state index in [0.717, 1.165) is 25.7 Å². The van der Waals surface area contributed by atoms with E-state index in [-0.39, 0.29) is 35.3 Å². The molecule has 3 aromatic rings. The van der Waals surface area contributed by atoms with Crippen LogP contribution in [0.15, 0.2) is 45.7 Å². The van der Waals surface area contributed by atoms with Crippen molar-refractivity contribution in [3.05, 3.63) is 69.6 Å². The summed E-state index contributed by atoms with van der Waals surface area (Å²) in [6.07, 6.45) is 8.16. The molecule has 1 aliphatic carbocycles. The lowest BCUT2D eigenvalue weighted by Crippen LogP contribution is -2.35. The zero-order valence-corrected chi connectivity index (χ0v) is 16.5. The van der Waals surface area contributed by atoms with E-state index in [4.69, 9.17) is 4.42 Å². The number of pyridine rings is 1. The molecular weight excluding hydrogens is 371 g/mol. The van der Waals surface area contributed by atoms with Crippen molar-refractivity contribution >= 4 is 16.9 Å². The Morgan fingerprint density at radius 1 is 1.21 bits per heavy atom. The zero-order chi connectivity index (χ0) is 20.4. The fourth-order valence-electron chi connectivity index (χ4n) is 4.18. The number of benzene rings is 1. The summed E-state index contributed by atoms with van der Waals surface area (Å²) in [5.74, 6) is -0.167.